The Bertz CT molecular complexity index is 516. The van der Waals surface area contributed by atoms with Gasteiger partial charge in [0.25, 0.3) is 5.91 Å². The van der Waals surface area contributed by atoms with E-state index < -0.39 is 0 Å². The van der Waals surface area contributed by atoms with Crippen LogP contribution in [0.2, 0.25) is 0 Å². The smallest absolute Gasteiger partial charge is 0.271 e. The molecule has 1 amide bonds. The van der Waals surface area contributed by atoms with Gasteiger partial charge in [0.1, 0.15) is 0 Å². The van der Waals surface area contributed by atoms with Gasteiger partial charge in [-0.15, -0.1) is 0 Å². The molecule has 0 aliphatic carbocycles. The highest BCUT2D eigenvalue weighted by molar-refractivity contribution is 5.96. The number of hydrogen-bond acceptors (Lipinski definition) is 5. The molecule has 0 fully saturated rings. The van der Waals surface area contributed by atoms with Crippen molar-refractivity contribution in [2.24, 2.45) is 5.10 Å². The standard InChI is InChI=1S/C16H24N2O4/c1-6-7-8-11(2)17-18-16(19)12-9-13(20-3)15(22-5)14(10-12)21-4/h9-10H,6-8H2,1-5H3,(H,18,19). The highest BCUT2D eigenvalue weighted by Gasteiger charge is 2.16. The van der Waals surface area contributed by atoms with Crippen molar-refractivity contribution in [1.29, 1.82) is 0 Å². The zero-order chi connectivity index (χ0) is 16.5. The molecule has 0 aliphatic heterocycles. The molecular weight excluding hydrogens is 284 g/mol. The average Bonchev–Trinajstić information content (AvgIpc) is 2.55. The largest absolute Gasteiger partial charge is 0.493 e. The van der Waals surface area contributed by atoms with Crippen LogP contribution in [0.5, 0.6) is 17.2 Å². The number of amides is 1. The minimum absolute atomic E-state index is 0.324. The van der Waals surface area contributed by atoms with Crippen LogP contribution in [0.25, 0.3) is 0 Å². The molecule has 122 valence electrons. The Balaban J connectivity index is 2.94. The molecule has 0 bridgehead atoms. The molecular formula is C16H24N2O4. The van der Waals surface area contributed by atoms with E-state index in [0.717, 1.165) is 25.0 Å². The molecule has 1 rings (SSSR count). The third-order valence-electron chi connectivity index (χ3n) is 3.17. The number of rotatable bonds is 8. The van der Waals surface area contributed by atoms with E-state index in [1.165, 1.54) is 21.3 Å². The second-order valence-corrected chi connectivity index (χ2v) is 4.81. The average molecular weight is 308 g/mol. The van der Waals surface area contributed by atoms with Gasteiger partial charge < -0.3 is 14.2 Å². The summed E-state index contributed by atoms with van der Waals surface area (Å²) in [5.41, 5.74) is 3.83. The van der Waals surface area contributed by atoms with Crippen molar-refractivity contribution in [3.05, 3.63) is 17.7 Å². The normalized spacial score (nSPS) is 11.0. The number of carbonyl (C=O) groups is 1. The lowest BCUT2D eigenvalue weighted by molar-refractivity contribution is 0.0954. The molecule has 22 heavy (non-hydrogen) atoms. The number of nitrogens with one attached hydrogen (secondary N) is 1. The summed E-state index contributed by atoms with van der Waals surface area (Å²) in [6, 6.07) is 3.18. The van der Waals surface area contributed by atoms with Crippen LogP contribution in [0.1, 0.15) is 43.5 Å². The van der Waals surface area contributed by atoms with Crippen LogP contribution in [0.4, 0.5) is 0 Å². The van der Waals surface area contributed by atoms with Crippen molar-refractivity contribution in [3.63, 3.8) is 0 Å². The van der Waals surface area contributed by atoms with Crippen molar-refractivity contribution in [2.45, 2.75) is 33.1 Å². The van der Waals surface area contributed by atoms with Crippen LogP contribution in [0.3, 0.4) is 0 Å². The first-order valence-corrected chi connectivity index (χ1v) is 7.20. The van der Waals surface area contributed by atoms with Gasteiger partial charge in [0.05, 0.1) is 21.3 Å². The van der Waals surface area contributed by atoms with Gasteiger partial charge in [0.2, 0.25) is 5.75 Å². The first-order valence-electron chi connectivity index (χ1n) is 7.20. The van der Waals surface area contributed by atoms with Gasteiger partial charge in [-0.3, -0.25) is 4.79 Å². The Hall–Kier alpha value is -2.24. The van der Waals surface area contributed by atoms with Crippen molar-refractivity contribution < 1.29 is 19.0 Å². The van der Waals surface area contributed by atoms with Crippen molar-refractivity contribution in [3.8, 4) is 17.2 Å². The maximum atomic E-state index is 12.2. The summed E-state index contributed by atoms with van der Waals surface area (Å²) in [6.07, 6.45) is 3.01. The highest BCUT2D eigenvalue weighted by atomic mass is 16.5. The summed E-state index contributed by atoms with van der Waals surface area (Å²) >= 11 is 0. The molecule has 1 aromatic rings. The predicted molar refractivity (Wildman–Crippen MR) is 86.2 cm³/mol. The van der Waals surface area contributed by atoms with Gasteiger partial charge in [-0.05, 0) is 31.9 Å². The van der Waals surface area contributed by atoms with Gasteiger partial charge in [0.15, 0.2) is 11.5 Å². The molecule has 1 aromatic carbocycles. The summed E-state index contributed by atoms with van der Waals surface area (Å²) < 4.78 is 15.7. The topological polar surface area (TPSA) is 69.2 Å². The Morgan fingerprint density at radius 3 is 2.18 bits per heavy atom. The van der Waals surface area contributed by atoms with E-state index in [9.17, 15) is 4.79 Å². The fourth-order valence-electron chi connectivity index (χ4n) is 1.91. The number of hydrazone groups is 1. The number of unbranched alkanes of at least 4 members (excludes halogenated alkanes) is 1. The van der Waals surface area contributed by atoms with Crippen LogP contribution in [-0.2, 0) is 0 Å². The van der Waals surface area contributed by atoms with Crippen LogP contribution >= 0.6 is 0 Å². The first kappa shape index (κ1) is 17.8. The molecule has 0 radical (unpaired) electrons. The number of hydrogen-bond donors (Lipinski definition) is 1. The summed E-state index contributed by atoms with van der Waals surface area (Å²) in [5, 5.41) is 4.10. The van der Waals surface area contributed by atoms with E-state index in [1.807, 2.05) is 6.92 Å². The molecule has 1 N–H and O–H groups in total. The first-order chi connectivity index (χ1) is 10.6. The second-order valence-electron chi connectivity index (χ2n) is 4.81. The molecule has 0 aromatic heterocycles. The van der Waals surface area contributed by atoms with E-state index in [4.69, 9.17) is 14.2 Å². The molecule has 0 atom stereocenters. The minimum Gasteiger partial charge on any atom is -0.493 e. The number of carbonyl (C=O) groups excluding carboxylic acids is 1. The Morgan fingerprint density at radius 1 is 1.14 bits per heavy atom. The van der Waals surface area contributed by atoms with E-state index in [-0.39, 0.29) is 5.91 Å². The van der Waals surface area contributed by atoms with Gasteiger partial charge >= 0.3 is 0 Å². The fourth-order valence-corrected chi connectivity index (χ4v) is 1.91. The van der Waals surface area contributed by atoms with E-state index in [1.54, 1.807) is 12.1 Å². The maximum Gasteiger partial charge on any atom is 0.271 e. The summed E-state index contributed by atoms with van der Waals surface area (Å²) in [6.45, 7) is 4.01. The lowest BCUT2D eigenvalue weighted by atomic mass is 10.1. The molecule has 0 spiro atoms. The van der Waals surface area contributed by atoms with Crippen molar-refractivity contribution >= 4 is 11.6 Å². The Morgan fingerprint density at radius 2 is 1.73 bits per heavy atom. The molecule has 0 saturated heterocycles. The summed E-state index contributed by atoms with van der Waals surface area (Å²) in [5.74, 6) is 0.983. The maximum absolute atomic E-state index is 12.2. The predicted octanol–water partition coefficient (Wildman–Crippen LogP) is 3.01. The zero-order valence-electron chi connectivity index (χ0n) is 13.9. The number of nitrogens with zero attached hydrogens (tertiary/aromatic N) is 1. The molecule has 6 nitrogen and oxygen atoms in total. The monoisotopic (exact) mass is 308 g/mol. The quantitative estimate of drug-likeness (QED) is 0.592. The number of methoxy groups -OCH3 is 3. The summed E-state index contributed by atoms with van der Waals surface area (Å²) in [7, 11) is 4.53. The molecule has 0 aliphatic rings. The van der Waals surface area contributed by atoms with E-state index >= 15 is 0 Å². The van der Waals surface area contributed by atoms with Crippen LogP contribution < -0.4 is 19.6 Å². The van der Waals surface area contributed by atoms with Crippen LogP contribution in [-0.4, -0.2) is 32.9 Å². The Kier molecular flexibility index (Phi) is 7.22. The SMILES string of the molecule is CCCCC(C)=NNC(=O)c1cc(OC)c(OC)c(OC)c1. The lowest BCUT2D eigenvalue weighted by Crippen LogP contribution is -2.19. The molecule has 0 saturated carbocycles. The fraction of sp³-hybridized carbons (Fsp3) is 0.500. The van der Waals surface area contributed by atoms with Gasteiger partial charge in [-0.1, -0.05) is 13.3 Å². The van der Waals surface area contributed by atoms with E-state index in [2.05, 4.69) is 17.5 Å². The Labute approximate surface area is 131 Å². The number of ether oxygens (including phenoxy) is 3. The van der Waals surface area contributed by atoms with Crippen molar-refractivity contribution in [2.75, 3.05) is 21.3 Å². The molecule has 6 heteroatoms. The second kappa shape index (κ2) is 8.92. The number of benzene rings is 1. The van der Waals surface area contributed by atoms with Crippen LogP contribution in [0, 0.1) is 0 Å². The third-order valence-corrected chi connectivity index (χ3v) is 3.17. The molecule has 0 unspecified atom stereocenters. The van der Waals surface area contributed by atoms with Gasteiger partial charge in [-0.2, -0.15) is 5.10 Å². The zero-order valence-corrected chi connectivity index (χ0v) is 13.9. The third kappa shape index (κ3) is 4.65. The lowest BCUT2D eigenvalue weighted by Gasteiger charge is -2.13. The van der Waals surface area contributed by atoms with Gasteiger partial charge in [-0.25, -0.2) is 5.43 Å². The minimum atomic E-state index is -0.324. The molecule has 0 heterocycles. The van der Waals surface area contributed by atoms with Gasteiger partial charge in [0, 0.05) is 11.3 Å². The van der Waals surface area contributed by atoms with E-state index in [0.29, 0.717) is 22.8 Å². The highest BCUT2D eigenvalue weighted by Crippen LogP contribution is 2.38. The van der Waals surface area contributed by atoms with Crippen molar-refractivity contribution in [1.82, 2.24) is 5.43 Å². The van der Waals surface area contributed by atoms with Crippen LogP contribution in [0.15, 0.2) is 17.2 Å². The summed E-state index contributed by atoms with van der Waals surface area (Å²) in [4.78, 5) is 12.2.